The molecule has 0 fully saturated rings. The first-order valence-corrected chi connectivity index (χ1v) is 5.29. The van der Waals surface area contributed by atoms with E-state index in [0.717, 1.165) is 24.3 Å². The molecule has 19 heavy (non-hydrogen) atoms. The van der Waals surface area contributed by atoms with Crippen molar-refractivity contribution >= 4 is 17.3 Å². The monoisotopic (exact) mass is 266 g/mol. The lowest BCUT2D eigenvalue weighted by atomic mass is 10.1. The number of amides is 1. The second-order valence-electron chi connectivity index (χ2n) is 3.78. The average molecular weight is 266 g/mol. The van der Waals surface area contributed by atoms with Crippen LogP contribution in [0.2, 0.25) is 0 Å². The summed E-state index contributed by atoms with van der Waals surface area (Å²) in [6.07, 6.45) is 0. The number of hydrogen-bond acceptors (Lipinski definition) is 2. The largest absolute Gasteiger partial charge is 0.396 e. The lowest BCUT2D eigenvalue weighted by molar-refractivity contribution is 0.102. The zero-order valence-corrected chi connectivity index (χ0v) is 9.58. The number of para-hydroxylation sites is 1. The highest BCUT2D eigenvalue weighted by molar-refractivity contribution is 6.07. The lowest BCUT2D eigenvalue weighted by Gasteiger charge is -2.08. The van der Waals surface area contributed by atoms with E-state index in [1.165, 1.54) is 12.1 Å². The van der Waals surface area contributed by atoms with Gasteiger partial charge in [0.2, 0.25) is 0 Å². The Kier molecular flexibility index (Phi) is 3.41. The van der Waals surface area contributed by atoms with Gasteiger partial charge in [-0.3, -0.25) is 4.79 Å². The van der Waals surface area contributed by atoms with Crippen molar-refractivity contribution in [3.05, 3.63) is 59.4 Å². The zero-order valence-electron chi connectivity index (χ0n) is 9.58. The van der Waals surface area contributed by atoms with Crippen LogP contribution in [0, 0.1) is 17.5 Å². The van der Waals surface area contributed by atoms with Gasteiger partial charge in [-0.25, -0.2) is 13.2 Å². The minimum atomic E-state index is -0.818. The van der Waals surface area contributed by atoms with Gasteiger partial charge in [-0.15, -0.1) is 0 Å². The van der Waals surface area contributed by atoms with Gasteiger partial charge in [-0.2, -0.15) is 0 Å². The third-order valence-electron chi connectivity index (χ3n) is 2.47. The van der Waals surface area contributed by atoms with Crippen molar-refractivity contribution in [2.75, 3.05) is 11.1 Å². The molecule has 1 amide bonds. The smallest absolute Gasteiger partial charge is 0.257 e. The van der Waals surface area contributed by atoms with Gasteiger partial charge in [-0.1, -0.05) is 6.07 Å². The van der Waals surface area contributed by atoms with Crippen LogP contribution in [-0.4, -0.2) is 5.91 Å². The molecule has 2 rings (SSSR count). The van der Waals surface area contributed by atoms with Crippen LogP contribution in [0.3, 0.4) is 0 Å². The van der Waals surface area contributed by atoms with E-state index in [4.69, 9.17) is 5.73 Å². The highest BCUT2D eigenvalue weighted by Gasteiger charge is 2.14. The summed E-state index contributed by atoms with van der Waals surface area (Å²) in [5.41, 5.74) is 4.56. The first-order chi connectivity index (χ1) is 8.99. The first-order valence-electron chi connectivity index (χ1n) is 5.29. The van der Waals surface area contributed by atoms with Crippen LogP contribution in [0.25, 0.3) is 0 Å². The van der Waals surface area contributed by atoms with E-state index in [0.29, 0.717) is 0 Å². The van der Waals surface area contributed by atoms with Crippen molar-refractivity contribution in [3.63, 3.8) is 0 Å². The topological polar surface area (TPSA) is 55.1 Å². The van der Waals surface area contributed by atoms with Gasteiger partial charge in [-0.05, 0) is 24.3 Å². The maximum Gasteiger partial charge on any atom is 0.257 e. The Balaban J connectivity index is 2.31. The fraction of sp³-hybridized carbons (Fsp3) is 0. The summed E-state index contributed by atoms with van der Waals surface area (Å²) in [6, 6.07) is 6.28. The van der Waals surface area contributed by atoms with Crippen LogP contribution in [0.4, 0.5) is 24.5 Å². The highest BCUT2D eigenvalue weighted by atomic mass is 19.1. The normalized spacial score (nSPS) is 10.3. The summed E-state index contributed by atoms with van der Waals surface area (Å²) in [7, 11) is 0. The summed E-state index contributed by atoms with van der Waals surface area (Å²) >= 11 is 0. The molecule has 0 radical (unpaired) electrons. The van der Waals surface area contributed by atoms with Crippen LogP contribution in [0.15, 0.2) is 36.4 Å². The van der Waals surface area contributed by atoms with Crippen molar-refractivity contribution in [1.29, 1.82) is 0 Å². The van der Waals surface area contributed by atoms with Gasteiger partial charge < -0.3 is 11.1 Å². The predicted molar refractivity (Wildman–Crippen MR) is 65.1 cm³/mol. The number of carbonyl (C=O) groups excluding carboxylic acids is 1. The number of rotatable bonds is 2. The molecule has 0 aromatic heterocycles. The van der Waals surface area contributed by atoms with E-state index in [1.54, 1.807) is 0 Å². The number of nitrogens with one attached hydrogen (secondary N) is 1. The van der Waals surface area contributed by atoms with E-state index in [-0.39, 0.29) is 16.9 Å². The predicted octanol–water partition coefficient (Wildman–Crippen LogP) is 2.94. The Hall–Kier alpha value is -2.50. The number of benzene rings is 2. The van der Waals surface area contributed by atoms with E-state index in [1.807, 2.05) is 0 Å². The summed E-state index contributed by atoms with van der Waals surface area (Å²) in [5, 5.41) is 2.13. The molecule has 0 unspecified atom stereocenters. The number of halogens is 3. The van der Waals surface area contributed by atoms with E-state index >= 15 is 0 Å². The summed E-state index contributed by atoms with van der Waals surface area (Å²) < 4.78 is 39.5. The molecule has 0 aliphatic carbocycles. The standard InChI is InChI=1S/C13H9F3N2O/c14-7-4-5-9(15)11(6-7)18-13(19)8-2-1-3-10(16)12(8)17/h1-6H,17H2,(H,18,19). The van der Waals surface area contributed by atoms with Crippen LogP contribution >= 0.6 is 0 Å². The average Bonchev–Trinajstić information content (AvgIpc) is 2.37. The Bertz CT molecular complexity index is 644. The minimum Gasteiger partial charge on any atom is -0.396 e. The SMILES string of the molecule is Nc1c(F)cccc1C(=O)Nc1cc(F)ccc1F. The molecule has 0 aliphatic rings. The molecule has 0 atom stereocenters. The van der Waals surface area contributed by atoms with Crippen molar-refractivity contribution in [2.45, 2.75) is 0 Å². The number of anilines is 2. The third-order valence-corrected chi connectivity index (χ3v) is 2.47. The third kappa shape index (κ3) is 2.67. The lowest BCUT2D eigenvalue weighted by Crippen LogP contribution is -2.15. The number of carbonyl (C=O) groups is 1. The van der Waals surface area contributed by atoms with Crippen molar-refractivity contribution in [2.24, 2.45) is 0 Å². The molecule has 3 nitrogen and oxygen atoms in total. The van der Waals surface area contributed by atoms with Crippen LogP contribution in [0.1, 0.15) is 10.4 Å². The second kappa shape index (κ2) is 5.01. The van der Waals surface area contributed by atoms with Crippen molar-refractivity contribution in [3.8, 4) is 0 Å². The Labute approximate surface area is 106 Å². The molecule has 2 aromatic carbocycles. The van der Waals surface area contributed by atoms with Gasteiger partial charge in [0.15, 0.2) is 0 Å². The fourth-order valence-electron chi connectivity index (χ4n) is 1.52. The fourth-order valence-corrected chi connectivity index (χ4v) is 1.52. The Morgan fingerprint density at radius 3 is 2.53 bits per heavy atom. The first kappa shape index (κ1) is 12.9. The quantitative estimate of drug-likeness (QED) is 0.821. The molecule has 0 aliphatic heterocycles. The van der Waals surface area contributed by atoms with Gasteiger partial charge in [0.25, 0.3) is 5.91 Å². The number of nitrogens with two attached hydrogens (primary N) is 1. The second-order valence-corrected chi connectivity index (χ2v) is 3.78. The summed E-state index contributed by atoms with van der Waals surface area (Å²) in [5.74, 6) is -3.08. The molecular formula is C13H9F3N2O. The molecule has 2 aromatic rings. The molecule has 0 saturated carbocycles. The van der Waals surface area contributed by atoms with Gasteiger partial charge in [0, 0.05) is 6.07 Å². The van der Waals surface area contributed by atoms with Crippen LogP contribution in [-0.2, 0) is 0 Å². The number of nitrogen functional groups attached to an aromatic ring is 1. The number of hydrogen-bond donors (Lipinski definition) is 2. The molecule has 3 N–H and O–H groups in total. The van der Waals surface area contributed by atoms with Crippen molar-refractivity contribution in [1.82, 2.24) is 0 Å². The van der Waals surface area contributed by atoms with E-state index < -0.39 is 23.4 Å². The maximum absolute atomic E-state index is 13.3. The summed E-state index contributed by atoms with van der Waals surface area (Å²) in [6.45, 7) is 0. The van der Waals surface area contributed by atoms with Gasteiger partial charge in [0.05, 0.1) is 16.9 Å². The molecule has 0 heterocycles. The minimum absolute atomic E-state index is 0.149. The van der Waals surface area contributed by atoms with Gasteiger partial charge >= 0.3 is 0 Å². The Morgan fingerprint density at radius 2 is 1.79 bits per heavy atom. The van der Waals surface area contributed by atoms with Crippen LogP contribution in [0.5, 0.6) is 0 Å². The molecule has 6 heteroatoms. The molecule has 0 saturated heterocycles. The highest BCUT2D eigenvalue weighted by Crippen LogP contribution is 2.20. The Morgan fingerprint density at radius 1 is 1.05 bits per heavy atom. The van der Waals surface area contributed by atoms with E-state index in [9.17, 15) is 18.0 Å². The maximum atomic E-state index is 13.3. The van der Waals surface area contributed by atoms with Gasteiger partial charge in [0.1, 0.15) is 17.5 Å². The van der Waals surface area contributed by atoms with E-state index in [2.05, 4.69) is 5.32 Å². The molecule has 98 valence electrons. The molecule has 0 spiro atoms. The molecular weight excluding hydrogens is 257 g/mol. The zero-order chi connectivity index (χ0) is 14.0. The molecule has 0 bridgehead atoms. The summed E-state index contributed by atoms with van der Waals surface area (Å²) in [4.78, 5) is 11.8. The van der Waals surface area contributed by atoms with Crippen LogP contribution < -0.4 is 11.1 Å². The van der Waals surface area contributed by atoms with Crippen molar-refractivity contribution < 1.29 is 18.0 Å².